The molecule has 1 aromatic heterocycles. The molecule has 0 aromatic carbocycles. The van der Waals surface area contributed by atoms with E-state index in [9.17, 15) is 5.11 Å². The second-order valence-electron chi connectivity index (χ2n) is 5.76. The van der Waals surface area contributed by atoms with Crippen LogP contribution in [0.4, 0.5) is 0 Å². The minimum Gasteiger partial charge on any atom is -0.489 e. The molecule has 1 aliphatic heterocycles. The van der Waals surface area contributed by atoms with Gasteiger partial charge in [-0.15, -0.1) is 0 Å². The molecule has 1 aromatic rings. The van der Waals surface area contributed by atoms with Crippen molar-refractivity contribution < 1.29 is 9.84 Å². The van der Waals surface area contributed by atoms with E-state index in [2.05, 4.69) is 16.9 Å². The summed E-state index contributed by atoms with van der Waals surface area (Å²) in [6.45, 7) is 5.92. The summed E-state index contributed by atoms with van der Waals surface area (Å²) in [5.41, 5.74) is 0.106. The molecule has 1 N–H and O–H groups in total. The van der Waals surface area contributed by atoms with Gasteiger partial charge in [0.15, 0.2) is 0 Å². The molecule has 2 rings (SSSR count). The third-order valence-corrected chi connectivity index (χ3v) is 3.66. The van der Waals surface area contributed by atoms with Crippen LogP contribution >= 0.6 is 0 Å². The molecule has 0 aliphatic carbocycles. The lowest BCUT2D eigenvalue weighted by Gasteiger charge is -2.27. The highest BCUT2D eigenvalue weighted by molar-refractivity contribution is 5.28. The maximum absolute atomic E-state index is 10.9. The van der Waals surface area contributed by atoms with Gasteiger partial charge in [-0.25, -0.2) is 0 Å². The molecular formula is C15H24N2O2. The first kappa shape index (κ1) is 14.3. The van der Waals surface area contributed by atoms with Crippen LogP contribution in [0.2, 0.25) is 0 Å². The third-order valence-electron chi connectivity index (χ3n) is 3.66. The van der Waals surface area contributed by atoms with Gasteiger partial charge in [-0.2, -0.15) is 0 Å². The number of likely N-dealkylation sites (tertiary alicyclic amines) is 1. The summed E-state index contributed by atoms with van der Waals surface area (Å²) in [6, 6.07) is 1.93. The van der Waals surface area contributed by atoms with E-state index in [4.69, 9.17) is 4.74 Å². The zero-order chi connectivity index (χ0) is 13.9. The Morgan fingerprint density at radius 3 is 2.84 bits per heavy atom. The summed E-state index contributed by atoms with van der Waals surface area (Å²) in [5, 5.41) is 10.9. The first-order valence-corrected chi connectivity index (χ1v) is 7.03. The van der Waals surface area contributed by atoms with Crippen molar-refractivity contribution in [1.82, 2.24) is 9.88 Å². The normalized spacial score (nSPS) is 25.3. The lowest BCUT2D eigenvalue weighted by molar-refractivity contribution is 0.0211. The van der Waals surface area contributed by atoms with Gasteiger partial charge in [-0.05, 0) is 52.8 Å². The van der Waals surface area contributed by atoms with Gasteiger partial charge in [0, 0.05) is 18.3 Å². The van der Waals surface area contributed by atoms with E-state index in [0.717, 1.165) is 43.7 Å². The Bertz CT molecular complexity index is 422. The van der Waals surface area contributed by atoms with Crippen molar-refractivity contribution >= 4 is 0 Å². The largest absolute Gasteiger partial charge is 0.489 e. The van der Waals surface area contributed by atoms with Crippen molar-refractivity contribution in [3.05, 3.63) is 24.0 Å². The first-order chi connectivity index (χ1) is 8.99. The highest BCUT2D eigenvalue weighted by atomic mass is 16.5. The topological polar surface area (TPSA) is 45.6 Å². The second-order valence-corrected chi connectivity index (χ2v) is 5.76. The molecule has 0 radical (unpaired) electrons. The summed E-state index contributed by atoms with van der Waals surface area (Å²) < 4.78 is 5.66. The fourth-order valence-electron chi connectivity index (χ4n) is 2.55. The summed E-state index contributed by atoms with van der Waals surface area (Å²) in [4.78, 5) is 6.47. The lowest BCUT2D eigenvalue weighted by Crippen LogP contribution is -2.28. The molecule has 0 amide bonds. The monoisotopic (exact) mass is 264 g/mol. The number of rotatable bonds is 3. The van der Waals surface area contributed by atoms with Crippen LogP contribution in [-0.4, -0.2) is 41.2 Å². The molecule has 2 heterocycles. The molecule has 4 heteroatoms. The summed E-state index contributed by atoms with van der Waals surface area (Å²) >= 11 is 0. The Morgan fingerprint density at radius 1 is 1.32 bits per heavy atom. The third kappa shape index (κ3) is 3.67. The van der Waals surface area contributed by atoms with E-state index in [0.29, 0.717) is 0 Å². The Labute approximate surface area is 115 Å². The number of aliphatic hydroxyl groups is 1. The minimum absolute atomic E-state index is 0.118. The smallest absolute Gasteiger partial charge is 0.138 e. The maximum Gasteiger partial charge on any atom is 0.138 e. The molecule has 0 spiro atoms. The Morgan fingerprint density at radius 2 is 2.11 bits per heavy atom. The average molecular weight is 264 g/mol. The van der Waals surface area contributed by atoms with Crippen molar-refractivity contribution in [3.8, 4) is 5.75 Å². The van der Waals surface area contributed by atoms with Gasteiger partial charge in [-0.1, -0.05) is 0 Å². The number of pyridine rings is 1. The van der Waals surface area contributed by atoms with Crippen molar-refractivity contribution in [3.63, 3.8) is 0 Å². The summed E-state index contributed by atoms with van der Waals surface area (Å²) in [5.74, 6) is 0.735. The molecule has 1 atom stereocenters. The predicted molar refractivity (Wildman–Crippen MR) is 75.2 cm³/mol. The van der Waals surface area contributed by atoms with Crippen molar-refractivity contribution in [2.45, 2.75) is 44.8 Å². The van der Waals surface area contributed by atoms with E-state index in [1.54, 1.807) is 12.4 Å². The van der Waals surface area contributed by atoms with Crippen molar-refractivity contribution in [2.24, 2.45) is 0 Å². The van der Waals surface area contributed by atoms with Gasteiger partial charge in [0.05, 0.1) is 17.9 Å². The number of nitrogens with zero attached hydrogens (tertiary/aromatic N) is 2. The van der Waals surface area contributed by atoms with Gasteiger partial charge in [0.25, 0.3) is 0 Å². The second kappa shape index (κ2) is 5.88. The van der Waals surface area contributed by atoms with Crippen LogP contribution < -0.4 is 4.74 Å². The van der Waals surface area contributed by atoms with Gasteiger partial charge in [-0.3, -0.25) is 4.98 Å². The molecular weight excluding hydrogens is 240 g/mol. The van der Waals surface area contributed by atoms with Crippen molar-refractivity contribution in [1.29, 1.82) is 0 Å². The molecule has 1 saturated heterocycles. The zero-order valence-electron chi connectivity index (χ0n) is 12.1. The van der Waals surface area contributed by atoms with Crippen LogP contribution in [0.1, 0.15) is 38.7 Å². The fourth-order valence-corrected chi connectivity index (χ4v) is 2.55. The molecule has 0 bridgehead atoms. The van der Waals surface area contributed by atoms with E-state index in [1.807, 2.05) is 19.9 Å². The Kier molecular flexibility index (Phi) is 4.42. The van der Waals surface area contributed by atoms with Gasteiger partial charge in [0.1, 0.15) is 5.75 Å². The van der Waals surface area contributed by atoms with Crippen LogP contribution in [0.25, 0.3) is 0 Å². The minimum atomic E-state index is -0.770. The molecule has 4 nitrogen and oxygen atoms in total. The molecule has 1 aliphatic rings. The van der Waals surface area contributed by atoms with Crippen molar-refractivity contribution in [2.75, 3.05) is 20.1 Å². The quantitative estimate of drug-likeness (QED) is 0.909. The standard InChI is InChI=1S/C15H24N2O2/c1-12(2)19-14-9-13(10-16-11-14)15(18)5-4-7-17(3)8-6-15/h9-12,18H,4-8H2,1-3H3. The van der Waals surface area contributed by atoms with Crippen LogP contribution in [0.15, 0.2) is 18.5 Å². The van der Waals surface area contributed by atoms with E-state index < -0.39 is 5.60 Å². The van der Waals surface area contributed by atoms with E-state index in [-0.39, 0.29) is 6.10 Å². The van der Waals surface area contributed by atoms with Crippen LogP contribution in [0.5, 0.6) is 5.75 Å². The highest BCUT2D eigenvalue weighted by Crippen LogP contribution is 2.33. The number of aromatic nitrogens is 1. The summed E-state index contributed by atoms with van der Waals surface area (Å²) in [6.07, 6.45) is 6.11. The SMILES string of the molecule is CC(C)Oc1cncc(C2(O)CCCN(C)CC2)c1. The highest BCUT2D eigenvalue weighted by Gasteiger charge is 2.31. The van der Waals surface area contributed by atoms with E-state index >= 15 is 0 Å². The molecule has 1 fully saturated rings. The van der Waals surface area contributed by atoms with E-state index in [1.165, 1.54) is 0 Å². The van der Waals surface area contributed by atoms with Crippen LogP contribution in [0.3, 0.4) is 0 Å². The predicted octanol–water partition coefficient (Wildman–Crippen LogP) is 2.17. The molecule has 0 saturated carbocycles. The fraction of sp³-hybridized carbons (Fsp3) is 0.667. The number of hydrogen-bond acceptors (Lipinski definition) is 4. The maximum atomic E-state index is 10.9. The zero-order valence-corrected chi connectivity index (χ0v) is 12.1. The molecule has 19 heavy (non-hydrogen) atoms. The van der Waals surface area contributed by atoms with Crippen LogP contribution in [0, 0.1) is 0 Å². The Hall–Kier alpha value is -1.13. The number of hydrogen-bond donors (Lipinski definition) is 1. The molecule has 106 valence electrons. The van der Waals surface area contributed by atoms with Crippen LogP contribution in [-0.2, 0) is 5.60 Å². The van der Waals surface area contributed by atoms with Gasteiger partial charge >= 0.3 is 0 Å². The lowest BCUT2D eigenvalue weighted by atomic mass is 9.88. The Balaban J connectivity index is 2.19. The average Bonchev–Trinajstić information content (AvgIpc) is 2.52. The van der Waals surface area contributed by atoms with Gasteiger partial charge in [0.2, 0.25) is 0 Å². The summed E-state index contributed by atoms with van der Waals surface area (Å²) in [7, 11) is 2.10. The first-order valence-electron chi connectivity index (χ1n) is 7.03. The number of ether oxygens (including phenoxy) is 1. The van der Waals surface area contributed by atoms with Gasteiger partial charge < -0.3 is 14.7 Å². The molecule has 1 unspecified atom stereocenters.